The standard InChI is InChI=1S/2C8H16O2.Mn/c2*1-7(2)5-3-4-6-8(9)10;/h2*7H,3-6H2,1-2H3,(H,9,10);/q;;+2/p-2. The number of hydrogen-bond donors (Lipinski definition) is 0. The van der Waals surface area contributed by atoms with E-state index in [9.17, 15) is 19.8 Å². The van der Waals surface area contributed by atoms with Crippen molar-refractivity contribution in [3.05, 3.63) is 0 Å². The van der Waals surface area contributed by atoms with Gasteiger partial charge in [0.05, 0.1) is 0 Å². The smallest absolute Gasteiger partial charge is 0.550 e. The molecular weight excluding hydrogens is 311 g/mol. The van der Waals surface area contributed by atoms with Gasteiger partial charge >= 0.3 is 17.1 Å². The zero-order valence-corrected chi connectivity index (χ0v) is 15.0. The SMILES string of the molecule is CC(C)CCCCC(=O)[O-].CC(C)CCCCC(=O)[O-].[Mn+2]. The van der Waals surface area contributed by atoms with Crippen LogP contribution in [0.25, 0.3) is 0 Å². The molecule has 125 valence electrons. The van der Waals surface area contributed by atoms with Crippen LogP contribution in [-0.2, 0) is 26.7 Å². The Labute approximate surface area is 140 Å². The number of rotatable bonds is 10. The fraction of sp³-hybridized carbons (Fsp3) is 0.875. The van der Waals surface area contributed by atoms with Gasteiger partial charge in [0.2, 0.25) is 0 Å². The Hall–Kier alpha value is -0.541. The molecule has 0 N–H and O–H groups in total. The van der Waals surface area contributed by atoms with Crippen LogP contribution in [0.5, 0.6) is 0 Å². The van der Waals surface area contributed by atoms with Crippen molar-refractivity contribution in [2.24, 2.45) is 11.8 Å². The average Bonchev–Trinajstić information content (AvgIpc) is 2.30. The summed E-state index contributed by atoms with van der Waals surface area (Å²) in [5.74, 6) is -0.490. The van der Waals surface area contributed by atoms with Crippen LogP contribution in [-0.4, -0.2) is 11.9 Å². The molecule has 5 heteroatoms. The normalized spacial score (nSPS) is 9.81. The molecule has 0 heterocycles. The first-order valence-corrected chi connectivity index (χ1v) is 7.65. The Kier molecular flexibility index (Phi) is 21.2. The number of carboxylic acids is 2. The summed E-state index contributed by atoms with van der Waals surface area (Å²) in [5, 5.41) is 19.9. The summed E-state index contributed by atoms with van der Waals surface area (Å²) in [7, 11) is 0. The Balaban J connectivity index is -0.000000295. The Morgan fingerprint density at radius 2 is 1.00 bits per heavy atom. The van der Waals surface area contributed by atoms with Gasteiger partial charge in [0.1, 0.15) is 0 Å². The van der Waals surface area contributed by atoms with Crippen LogP contribution < -0.4 is 10.2 Å². The molecule has 0 atom stereocenters. The number of aliphatic carboxylic acids is 2. The van der Waals surface area contributed by atoms with E-state index < -0.39 is 11.9 Å². The summed E-state index contributed by atoms with van der Waals surface area (Å²) >= 11 is 0. The fourth-order valence-electron chi connectivity index (χ4n) is 1.64. The van der Waals surface area contributed by atoms with Crippen LogP contribution in [0.15, 0.2) is 0 Å². The quantitative estimate of drug-likeness (QED) is 0.449. The van der Waals surface area contributed by atoms with Crippen molar-refractivity contribution in [1.29, 1.82) is 0 Å². The van der Waals surface area contributed by atoms with Gasteiger partial charge < -0.3 is 19.8 Å². The first-order valence-electron chi connectivity index (χ1n) is 7.65. The average molecular weight is 341 g/mol. The maximum absolute atomic E-state index is 9.93. The monoisotopic (exact) mass is 341 g/mol. The molecule has 1 radical (unpaired) electrons. The van der Waals surface area contributed by atoms with Crippen molar-refractivity contribution < 1.29 is 36.9 Å². The third kappa shape index (κ3) is 32.7. The molecule has 0 spiro atoms. The Morgan fingerprint density at radius 1 is 0.714 bits per heavy atom. The molecule has 0 aliphatic carbocycles. The van der Waals surface area contributed by atoms with E-state index in [1.165, 1.54) is 0 Å². The van der Waals surface area contributed by atoms with Crippen LogP contribution in [0.4, 0.5) is 0 Å². The van der Waals surface area contributed by atoms with Gasteiger partial charge in [0, 0.05) is 11.9 Å². The predicted molar refractivity (Wildman–Crippen MR) is 76.6 cm³/mol. The molecule has 0 aromatic carbocycles. The number of hydrogen-bond acceptors (Lipinski definition) is 4. The number of carboxylic acid groups (broad SMARTS) is 2. The molecule has 4 nitrogen and oxygen atoms in total. The fourth-order valence-corrected chi connectivity index (χ4v) is 1.64. The van der Waals surface area contributed by atoms with E-state index in [0.29, 0.717) is 11.8 Å². The maximum Gasteiger partial charge on any atom is 2.00 e. The maximum atomic E-state index is 9.93. The molecule has 21 heavy (non-hydrogen) atoms. The van der Waals surface area contributed by atoms with Crippen LogP contribution >= 0.6 is 0 Å². The third-order valence-electron chi connectivity index (χ3n) is 2.82. The first kappa shape index (κ1) is 25.4. The summed E-state index contributed by atoms with van der Waals surface area (Å²) in [5.41, 5.74) is 0. The van der Waals surface area contributed by atoms with E-state index in [4.69, 9.17) is 0 Å². The molecule has 0 fully saturated rings. The molecule has 0 aromatic rings. The van der Waals surface area contributed by atoms with E-state index >= 15 is 0 Å². The summed E-state index contributed by atoms with van der Waals surface area (Å²) < 4.78 is 0. The topological polar surface area (TPSA) is 80.3 Å². The minimum atomic E-state index is -0.927. The molecule has 0 saturated carbocycles. The third-order valence-corrected chi connectivity index (χ3v) is 2.82. The number of carbonyl (C=O) groups is 2. The van der Waals surface area contributed by atoms with Gasteiger partial charge in [0.15, 0.2) is 0 Å². The van der Waals surface area contributed by atoms with E-state index in [0.717, 1.165) is 38.5 Å². The summed E-state index contributed by atoms with van der Waals surface area (Å²) in [6, 6.07) is 0. The minimum Gasteiger partial charge on any atom is -0.550 e. The van der Waals surface area contributed by atoms with E-state index in [2.05, 4.69) is 27.7 Å². The van der Waals surface area contributed by atoms with Gasteiger partial charge in [-0.1, -0.05) is 53.4 Å². The van der Waals surface area contributed by atoms with Gasteiger partial charge in [-0.15, -0.1) is 0 Å². The zero-order valence-electron chi connectivity index (χ0n) is 13.8. The zero-order chi connectivity index (χ0) is 16.0. The largest absolute Gasteiger partial charge is 2.00 e. The molecule has 0 rings (SSSR count). The Bertz CT molecular complexity index is 227. The second kappa shape index (κ2) is 17.5. The van der Waals surface area contributed by atoms with Gasteiger partial charge in [-0.25, -0.2) is 0 Å². The van der Waals surface area contributed by atoms with Crippen molar-refractivity contribution in [3.63, 3.8) is 0 Å². The van der Waals surface area contributed by atoms with Crippen molar-refractivity contribution in [2.45, 2.75) is 79.1 Å². The van der Waals surface area contributed by atoms with E-state index in [-0.39, 0.29) is 29.9 Å². The molecule has 0 saturated heterocycles. The van der Waals surface area contributed by atoms with Gasteiger partial charge in [-0.3, -0.25) is 0 Å². The second-order valence-corrected chi connectivity index (χ2v) is 6.02. The van der Waals surface area contributed by atoms with Crippen LogP contribution in [0.3, 0.4) is 0 Å². The van der Waals surface area contributed by atoms with Crippen molar-refractivity contribution in [2.75, 3.05) is 0 Å². The van der Waals surface area contributed by atoms with Gasteiger partial charge in [-0.05, 0) is 37.5 Å². The van der Waals surface area contributed by atoms with Crippen molar-refractivity contribution in [1.82, 2.24) is 0 Å². The molecule has 0 aliphatic heterocycles. The molecule has 0 amide bonds. The number of carbonyl (C=O) groups excluding carboxylic acids is 2. The molecule has 0 bridgehead atoms. The minimum absolute atomic E-state index is 0. The van der Waals surface area contributed by atoms with Crippen LogP contribution in [0.2, 0.25) is 0 Å². The van der Waals surface area contributed by atoms with Crippen molar-refractivity contribution in [3.8, 4) is 0 Å². The van der Waals surface area contributed by atoms with Gasteiger partial charge in [-0.2, -0.15) is 0 Å². The van der Waals surface area contributed by atoms with E-state index in [1.807, 2.05) is 0 Å². The molecule has 0 aromatic heterocycles. The molecule has 0 aliphatic rings. The molecule has 0 unspecified atom stereocenters. The summed E-state index contributed by atoms with van der Waals surface area (Å²) in [6.45, 7) is 8.55. The molecular formula is C16H30MnO4. The first-order chi connectivity index (χ1) is 9.25. The number of unbranched alkanes of at least 4 members (excludes halogenated alkanes) is 2. The predicted octanol–water partition coefficient (Wildman–Crippen LogP) is 1.90. The van der Waals surface area contributed by atoms with Crippen LogP contribution in [0.1, 0.15) is 79.1 Å². The summed E-state index contributed by atoms with van der Waals surface area (Å²) in [6.07, 6.45) is 6.21. The second-order valence-electron chi connectivity index (χ2n) is 6.02. The Morgan fingerprint density at radius 3 is 1.19 bits per heavy atom. The van der Waals surface area contributed by atoms with Gasteiger partial charge in [0.25, 0.3) is 0 Å². The van der Waals surface area contributed by atoms with Crippen molar-refractivity contribution >= 4 is 11.9 Å². The summed E-state index contributed by atoms with van der Waals surface area (Å²) in [4.78, 5) is 19.9. The van der Waals surface area contributed by atoms with E-state index in [1.54, 1.807) is 0 Å². The van der Waals surface area contributed by atoms with Crippen LogP contribution in [0, 0.1) is 11.8 Å².